The van der Waals surface area contributed by atoms with Crippen LogP contribution in [0.4, 0.5) is 5.69 Å². The zero-order valence-corrected chi connectivity index (χ0v) is 15.1. The number of benzene rings is 1. The van der Waals surface area contributed by atoms with Crippen molar-refractivity contribution in [3.63, 3.8) is 0 Å². The zero-order chi connectivity index (χ0) is 17.2. The Balaban J connectivity index is 1.21. The molecule has 0 radical (unpaired) electrons. The summed E-state index contributed by atoms with van der Waals surface area (Å²) in [6.07, 6.45) is 3.61. The fraction of sp³-hybridized carbons (Fsp3) is 0.650. The lowest BCUT2D eigenvalue weighted by Crippen LogP contribution is -2.51. The number of hydrogen-bond donors (Lipinski definition) is 1. The normalized spacial score (nSPS) is 30.4. The summed E-state index contributed by atoms with van der Waals surface area (Å²) >= 11 is 0. The van der Waals surface area contributed by atoms with Crippen LogP contribution in [0.3, 0.4) is 0 Å². The van der Waals surface area contributed by atoms with Crippen molar-refractivity contribution in [1.29, 1.82) is 0 Å². The van der Waals surface area contributed by atoms with Crippen molar-refractivity contribution in [2.24, 2.45) is 5.92 Å². The number of amides is 1. The van der Waals surface area contributed by atoms with Crippen molar-refractivity contribution in [1.82, 2.24) is 10.2 Å². The largest absolute Gasteiger partial charge is 0.374 e. The monoisotopic (exact) mass is 343 g/mol. The summed E-state index contributed by atoms with van der Waals surface area (Å²) in [5, 5.41) is 3.22. The first kappa shape index (κ1) is 16.9. The maximum absolute atomic E-state index is 12.5. The average Bonchev–Trinajstić information content (AvgIpc) is 3.26. The minimum atomic E-state index is 0.0797. The summed E-state index contributed by atoms with van der Waals surface area (Å²) in [5.41, 5.74) is 1.31. The highest BCUT2D eigenvalue weighted by molar-refractivity contribution is 5.80. The summed E-state index contributed by atoms with van der Waals surface area (Å²) in [6, 6.07) is 10.8. The van der Waals surface area contributed by atoms with Crippen LogP contribution in [-0.2, 0) is 9.53 Å². The number of rotatable bonds is 5. The number of carbonyl (C=O) groups is 1. The molecule has 3 heterocycles. The Kier molecular flexibility index (Phi) is 4.95. The molecule has 1 aromatic carbocycles. The second-order valence-electron chi connectivity index (χ2n) is 7.75. The highest BCUT2D eigenvalue weighted by atomic mass is 16.5. The maximum atomic E-state index is 12.5. The number of carbonyl (C=O) groups excluding carboxylic acids is 1. The number of piperazine rings is 1. The van der Waals surface area contributed by atoms with Gasteiger partial charge in [0.05, 0.1) is 18.1 Å². The summed E-state index contributed by atoms with van der Waals surface area (Å²) in [4.78, 5) is 17.4. The first-order valence-electron chi connectivity index (χ1n) is 9.67. The summed E-state index contributed by atoms with van der Waals surface area (Å²) in [6.45, 7) is 7.24. The molecule has 136 valence electrons. The van der Waals surface area contributed by atoms with Gasteiger partial charge in [0.15, 0.2) is 0 Å². The van der Waals surface area contributed by atoms with Gasteiger partial charge in [-0.25, -0.2) is 0 Å². The van der Waals surface area contributed by atoms with Gasteiger partial charge >= 0.3 is 0 Å². The summed E-state index contributed by atoms with van der Waals surface area (Å²) < 4.78 is 5.81. The average molecular weight is 343 g/mol. The second kappa shape index (κ2) is 7.34. The molecule has 3 fully saturated rings. The number of fused-ring (bicyclic) bond motifs is 2. The molecule has 0 spiro atoms. The highest BCUT2D eigenvalue weighted by Gasteiger charge is 2.44. The molecule has 0 aliphatic carbocycles. The lowest BCUT2D eigenvalue weighted by Gasteiger charge is -2.37. The number of anilines is 1. The van der Waals surface area contributed by atoms with Crippen molar-refractivity contribution in [3.8, 4) is 0 Å². The van der Waals surface area contributed by atoms with Gasteiger partial charge in [0.25, 0.3) is 0 Å². The van der Waals surface area contributed by atoms with E-state index < -0.39 is 0 Å². The van der Waals surface area contributed by atoms with Crippen LogP contribution < -0.4 is 10.2 Å². The molecule has 0 aromatic heterocycles. The van der Waals surface area contributed by atoms with Gasteiger partial charge in [-0.3, -0.25) is 9.69 Å². The molecule has 2 bridgehead atoms. The van der Waals surface area contributed by atoms with E-state index in [1.165, 1.54) is 5.69 Å². The first-order chi connectivity index (χ1) is 12.2. The predicted octanol–water partition coefficient (Wildman–Crippen LogP) is 1.88. The Hall–Kier alpha value is -1.59. The lowest BCUT2D eigenvalue weighted by molar-refractivity contribution is -0.127. The van der Waals surface area contributed by atoms with E-state index >= 15 is 0 Å². The fourth-order valence-electron chi connectivity index (χ4n) is 4.52. The molecule has 4 atom stereocenters. The molecule has 5 nitrogen and oxygen atoms in total. The first-order valence-corrected chi connectivity index (χ1v) is 9.67. The topological polar surface area (TPSA) is 44.8 Å². The van der Waals surface area contributed by atoms with Crippen LogP contribution in [0, 0.1) is 5.92 Å². The third kappa shape index (κ3) is 3.82. The molecular formula is C20H29N3O2. The smallest absolute Gasteiger partial charge is 0.226 e. The number of para-hydroxylation sites is 1. The Morgan fingerprint density at radius 1 is 1.20 bits per heavy atom. The third-order valence-electron chi connectivity index (χ3n) is 5.86. The number of nitrogens with one attached hydrogen (secondary N) is 1. The minimum Gasteiger partial charge on any atom is -0.374 e. The molecule has 5 heteroatoms. The fourth-order valence-corrected chi connectivity index (χ4v) is 4.52. The van der Waals surface area contributed by atoms with Crippen LogP contribution in [0.15, 0.2) is 30.3 Å². The second-order valence-corrected chi connectivity index (χ2v) is 7.75. The molecule has 1 aromatic rings. The van der Waals surface area contributed by atoms with Crippen molar-refractivity contribution >= 4 is 11.6 Å². The Morgan fingerprint density at radius 2 is 1.96 bits per heavy atom. The Morgan fingerprint density at radius 3 is 2.60 bits per heavy atom. The van der Waals surface area contributed by atoms with Crippen molar-refractivity contribution in [2.75, 3.05) is 37.6 Å². The quantitative estimate of drug-likeness (QED) is 0.887. The molecule has 3 aliphatic rings. The Labute approximate surface area is 150 Å². The van der Waals surface area contributed by atoms with Crippen molar-refractivity contribution in [3.05, 3.63) is 30.3 Å². The van der Waals surface area contributed by atoms with Crippen LogP contribution in [0.25, 0.3) is 0 Å². The standard InChI is InChI=1S/C20H29N3O2/c1-15(21-20(24)18-13-17-7-8-19(18)25-17)14-22-9-11-23(12-10-22)16-5-3-2-4-6-16/h2-6,15,17-19H,7-14H2,1H3,(H,21,24)/t15-,17-,18+,19-/m1/s1. The molecule has 3 aliphatic heterocycles. The minimum absolute atomic E-state index is 0.0797. The predicted molar refractivity (Wildman–Crippen MR) is 98.7 cm³/mol. The molecule has 1 amide bonds. The van der Waals surface area contributed by atoms with Gasteiger partial charge in [-0.2, -0.15) is 0 Å². The molecule has 25 heavy (non-hydrogen) atoms. The van der Waals surface area contributed by atoms with Crippen molar-refractivity contribution < 1.29 is 9.53 Å². The van der Waals surface area contributed by atoms with Crippen molar-refractivity contribution in [2.45, 2.75) is 44.4 Å². The number of hydrogen-bond acceptors (Lipinski definition) is 4. The summed E-state index contributed by atoms with van der Waals surface area (Å²) in [5.74, 6) is 0.277. The van der Waals surface area contributed by atoms with E-state index in [0.717, 1.165) is 52.0 Å². The van der Waals surface area contributed by atoms with E-state index in [1.807, 2.05) is 0 Å². The third-order valence-corrected chi connectivity index (χ3v) is 5.86. The van der Waals surface area contributed by atoms with E-state index in [0.29, 0.717) is 6.10 Å². The van der Waals surface area contributed by atoms with Gasteiger partial charge in [0, 0.05) is 44.5 Å². The number of nitrogens with zero attached hydrogens (tertiary/aromatic N) is 2. The van der Waals surface area contributed by atoms with Crippen LogP contribution >= 0.6 is 0 Å². The SMILES string of the molecule is C[C@H](CN1CCN(c2ccccc2)CC1)NC(=O)[C@H]1C[C@H]2CC[C@H]1O2. The van der Waals surface area contributed by atoms with E-state index in [2.05, 4.69) is 52.4 Å². The van der Waals surface area contributed by atoms with E-state index in [4.69, 9.17) is 4.74 Å². The van der Waals surface area contributed by atoms with Gasteiger partial charge in [-0.1, -0.05) is 18.2 Å². The van der Waals surface area contributed by atoms with Crippen LogP contribution in [0.1, 0.15) is 26.2 Å². The Bertz CT molecular complexity index is 586. The zero-order valence-electron chi connectivity index (χ0n) is 15.1. The van der Waals surface area contributed by atoms with Gasteiger partial charge in [0.1, 0.15) is 0 Å². The number of ether oxygens (including phenoxy) is 1. The molecule has 4 rings (SSSR count). The van der Waals surface area contributed by atoms with Crippen LogP contribution in [0.2, 0.25) is 0 Å². The molecule has 3 saturated heterocycles. The van der Waals surface area contributed by atoms with Crippen LogP contribution in [-0.4, -0.2) is 61.8 Å². The van der Waals surface area contributed by atoms with Gasteiger partial charge < -0.3 is 15.0 Å². The van der Waals surface area contributed by atoms with E-state index in [9.17, 15) is 4.79 Å². The van der Waals surface area contributed by atoms with E-state index in [-0.39, 0.29) is 24.0 Å². The maximum Gasteiger partial charge on any atom is 0.226 e. The molecule has 0 unspecified atom stereocenters. The molecule has 1 N–H and O–H groups in total. The van der Waals surface area contributed by atoms with Gasteiger partial charge in [0.2, 0.25) is 5.91 Å². The highest BCUT2D eigenvalue weighted by Crippen LogP contribution is 2.38. The van der Waals surface area contributed by atoms with Crippen LogP contribution in [0.5, 0.6) is 0 Å². The summed E-state index contributed by atoms with van der Waals surface area (Å²) in [7, 11) is 0. The molecular weight excluding hydrogens is 314 g/mol. The molecule has 0 saturated carbocycles. The lowest BCUT2D eigenvalue weighted by atomic mass is 9.88. The van der Waals surface area contributed by atoms with Gasteiger partial charge in [-0.05, 0) is 38.3 Å². The van der Waals surface area contributed by atoms with E-state index in [1.54, 1.807) is 0 Å². The van der Waals surface area contributed by atoms with Gasteiger partial charge in [-0.15, -0.1) is 0 Å².